The Kier molecular flexibility index (Phi) is 2.35. The lowest BCUT2D eigenvalue weighted by Gasteiger charge is -2.00. The van der Waals surface area contributed by atoms with Crippen LogP contribution in [0.4, 0.5) is 0 Å². The summed E-state index contributed by atoms with van der Waals surface area (Å²) in [6.07, 6.45) is 5.17. The summed E-state index contributed by atoms with van der Waals surface area (Å²) in [5.41, 5.74) is 1.10. The van der Waals surface area contributed by atoms with Crippen LogP contribution in [0.2, 0.25) is 0 Å². The number of hydrogen-bond donors (Lipinski definition) is 0. The monoisotopic (exact) mass is 185 g/mol. The number of nitrogens with zero attached hydrogens (tertiary/aromatic N) is 1. The average Bonchev–Trinajstić information content (AvgIpc) is 2.75. The van der Waals surface area contributed by atoms with Gasteiger partial charge in [0, 0.05) is 12.0 Å². The summed E-state index contributed by atoms with van der Waals surface area (Å²) in [5.74, 6) is 1.85. The lowest BCUT2D eigenvalue weighted by molar-refractivity contribution is 0.382. The van der Waals surface area contributed by atoms with Crippen LogP contribution in [0.3, 0.4) is 0 Å². The highest BCUT2D eigenvalue weighted by Crippen LogP contribution is 2.33. The minimum atomic E-state index is 0.430. The summed E-state index contributed by atoms with van der Waals surface area (Å²) in [6.45, 7) is 0. The summed E-state index contributed by atoms with van der Waals surface area (Å²) < 4.78 is 5.04. The predicted molar refractivity (Wildman–Crippen MR) is 47.3 cm³/mol. The van der Waals surface area contributed by atoms with E-state index in [-0.39, 0.29) is 0 Å². The minimum Gasteiger partial charge on any atom is -0.360 e. The van der Waals surface area contributed by atoms with Crippen molar-refractivity contribution in [3.05, 3.63) is 17.5 Å². The van der Waals surface area contributed by atoms with Crippen LogP contribution in [-0.2, 0) is 5.88 Å². The zero-order valence-electron chi connectivity index (χ0n) is 6.92. The molecule has 12 heavy (non-hydrogen) atoms. The topological polar surface area (TPSA) is 26.0 Å². The molecule has 66 valence electrons. The molecule has 1 aliphatic rings. The molecule has 1 heterocycles. The predicted octanol–water partition coefficient (Wildman–Crippen LogP) is 3.07. The first-order chi connectivity index (χ1) is 5.90. The van der Waals surface area contributed by atoms with Gasteiger partial charge in [0.25, 0.3) is 0 Å². The maximum atomic E-state index is 5.61. The van der Waals surface area contributed by atoms with Crippen LogP contribution in [0.5, 0.6) is 0 Å². The van der Waals surface area contributed by atoms with E-state index in [2.05, 4.69) is 5.16 Å². The smallest absolute Gasteiger partial charge is 0.151 e. The highest BCUT2D eigenvalue weighted by molar-refractivity contribution is 6.16. The number of alkyl halides is 1. The molecule has 0 saturated heterocycles. The van der Waals surface area contributed by atoms with E-state index in [0.717, 1.165) is 11.5 Å². The van der Waals surface area contributed by atoms with Gasteiger partial charge in [-0.3, -0.25) is 0 Å². The molecular weight excluding hydrogens is 174 g/mol. The molecule has 0 aromatic carbocycles. The van der Waals surface area contributed by atoms with Crippen molar-refractivity contribution < 1.29 is 4.52 Å². The van der Waals surface area contributed by atoms with Crippen molar-refractivity contribution >= 4 is 11.6 Å². The molecule has 0 spiro atoms. The molecular formula is C9H12ClNO. The Morgan fingerprint density at radius 3 is 2.83 bits per heavy atom. The fourth-order valence-electron chi connectivity index (χ4n) is 1.81. The van der Waals surface area contributed by atoms with Gasteiger partial charge in [0.05, 0.1) is 11.6 Å². The summed E-state index contributed by atoms with van der Waals surface area (Å²) >= 11 is 5.61. The average molecular weight is 186 g/mol. The molecule has 0 bridgehead atoms. The maximum Gasteiger partial charge on any atom is 0.151 e. The van der Waals surface area contributed by atoms with E-state index in [1.807, 2.05) is 6.07 Å². The molecule has 1 saturated carbocycles. The summed E-state index contributed by atoms with van der Waals surface area (Å²) in [5, 5.41) is 4.01. The van der Waals surface area contributed by atoms with Crippen molar-refractivity contribution in [2.24, 2.45) is 0 Å². The van der Waals surface area contributed by atoms with Crippen molar-refractivity contribution in [2.45, 2.75) is 37.5 Å². The van der Waals surface area contributed by atoms with Crippen LogP contribution in [-0.4, -0.2) is 5.16 Å². The molecule has 1 aromatic rings. The van der Waals surface area contributed by atoms with Crippen molar-refractivity contribution in [1.82, 2.24) is 5.16 Å². The largest absolute Gasteiger partial charge is 0.360 e. The van der Waals surface area contributed by atoms with Gasteiger partial charge in [-0.1, -0.05) is 18.0 Å². The van der Waals surface area contributed by atoms with Gasteiger partial charge in [-0.2, -0.15) is 0 Å². The van der Waals surface area contributed by atoms with Gasteiger partial charge in [-0.15, -0.1) is 11.6 Å². The van der Waals surface area contributed by atoms with Gasteiger partial charge < -0.3 is 4.52 Å². The summed E-state index contributed by atoms with van der Waals surface area (Å²) in [7, 11) is 0. The fourth-order valence-corrected chi connectivity index (χ4v) is 1.93. The van der Waals surface area contributed by atoms with Gasteiger partial charge in [0.2, 0.25) is 0 Å². The molecule has 0 aliphatic heterocycles. The van der Waals surface area contributed by atoms with E-state index in [1.54, 1.807) is 0 Å². The van der Waals surface area contributed by atoms with E-state index >= 15 is 0 Å². The second-order valence-electron chi connectivity index (χ2n) is 3.33. The molecule has 2 nitrogen and oxygen atoms in total. The quantitative estimate of drug-likeness (QED) is 0.662. The van der Waals surface area contributed by atoms with Gasteiger partial charge in [-0.05, 0) is 12.8 Å². The normalized spacial score (nSPS) is 18.8. The Balaban J connectivity index is 2.11. The van der Waals surface area contributed by atoms with Crippen LogP contribution in [0.15, 0.2) is 10.6 Å². The van der Waals surface area contributed by atoms with Crippen LogP contribution < -0.4 is 0 Å². The number of rotatable bonds is 2. The number of hydrogen-bond acceptors (Lipinski definition) is 2. The van der Waals surface area contributed by atoms with Crippen LogP contribution in [0, 0.1) is 0 Å². The molecule has 1 aliphatic carbocycles. The zero-order valence-corrected chi connectivity index (χ0v) is 7.68. The van der Waals surface area contributed by atoms with E-state index in [1.165, 1.54) is 25.7 Å². The third-order valence-corrected chi connectivity index (χ3v) is 2.75. The van der Waals surface area contributed by atoms with Crippen molar-refractivity contribution in [1.29, 1.82) is 0 Å². The molecule has 0 amide bonds. The van der Waals surface area contributed by atoms with Crippen LogP contribution in [0.1, 0.15) is 43.1 Å². The van der Waals surface area contributed by atoms with E-state index in [0.29, 0.717) is 11.8 Å². The Morgan fingerprint density at radius 2 is 2.25 bits per heavy atom. The lowest BCUT2D eigenvalue weighted by atomic mass is 10.0. The highest BCUT2D eigenvalue weighted by Gasteiger charge is 2.20. The first kappa shape index (κ1) is 8.11. The fraction of sp³-hybridized carbons (Fsp3) is 0.667. The number of aromatic nitrogens is 1. The third kappa shape index (κ3) is 1.48. The van der Waals surface area contributed by atoms with E-state index in [4.69, 9.17) is 16.1 Å². The molecule has 0 N–H and O–H groups in total. The minimum absolute atomic E-state index is 0.430. The van der Waals surface area contributed by atoms with Gasteiger partial charge >= 0.3 is 0 Å². The van der Waals surface area contributed by atoms with Gasteiger partial charge in [-0.25, -0.2) is 0 Å². The van der Waals surface area contributed by atoms with Crippen molar-refractivity contribution in [3.63, 3.8) is 0 Å². The van der Waals surface area contributed by atoms with Gasteiger partial charge in [0.15, 0.2) is 5.76 Å². The van der Waals surface area contributed by atoms with Crippen molar-refractivity contribution in [3.8, 4) is 0 Å². The zero-order chi connectivity index (χ0) is 8.39. The first-order valence-corrected chi connectivity index (χ1v) is 4.95. The molecule has 3 heteroatoms. The lowest BCUT2D eigenvalue weighted by Crippen LogP contribution is -1.90. The first-order valence-electron chi connectivity index (χ1n) is 4.41. The molecule has 1 fully saturated rings. The van der Waals surface area contributed by atoms with E-state index < -0.39 is 0 Å². The second-order valence-corrected chi connectivity index (χ2v) is 3.60. The molecule has 1 aromatic heterocycles. The van der Waals surface area contributed by atoms with E-state index in [9.17, 15) is 0 Å². The van der Waals surface area contributed by atoms with Gasteiger partial charge in [0.1, 0.15) is 0 Å². The standard InChI is InChI=1S/C9H12ClNO/c10-6-8-5-9(11-12-8)7-3-1-2-4-7/h5,7H,1-4,6H2. The molecule has 2 rings (SSSR count). The summed E-state index contributed by atoms with van der Waals surface area (Å²) in [6, 6.07) is 1.99. The third-order valence-electron chi connectivity index (χ3n) is 2.48. The number of halogens is 1. The van der Waals surface area contributed by atoms with Crippen LogP contribution in [0.25, 0.3) is 0 Å². The second kappa shape index (κ2) is 3.48. The Bertz CT molecular complexity index is 253. The molecule has 0 unspecified atom stereocenters. The Hall–Kier alpha value is -0.500. The van der Waals surface area contributed by atoms with Crippen molar-refractivity contribution in [2.75, 3.05) is 0 Å². The maximum absolute atomic E-state index is 5.61. The van der Waals surface area contributed by atoms with Crippen LogP contribution >= 0.6 is 11.6 Å². The Morgan fingerprint density at radius 1 is 1.50 bits per heavy atom. The molecule has 0 atom stereocenters. The summed E-state index contributed by atoms with van der Waals surface area (Å²) in [4.78, 5) is 0. The Labute approximate surface area is 76.9 Å². The molecule has 0 radical (unpaired) electrons. The highest BCUT2D eigenvalue weighted by atomic mass is 35.5. The SMILES string of the molecule is ClCc1cc(C2CCCC2)no1.